The molecule has 2 saturated heterocycles. The van der Waals surface area contributed by atoms with Crippen LogP contribution in [0.4, 0.5) is 0 Å². The molecule has 11 nitrogen and oxygen atoms in total. The molecule has 1 aromatic carbocycles. The third-order valence-corrected chi connectivity index (χ3v) is 7.98. The Hall–Kier alpha value is -3.57. The van der Waals surface area contributed by atoms with Crippen molar-refractivity contribution >= 4 is 28.8 Å². The van der Waals surface area contributed by atoms with Gasteiger partial charge in [0.1, 0.15) is 23.8 Å². The van der Waals surface area contributed by atoms with Gasteiger partial charge < -0.3 is 24.5 Å². The smallest absolute Gasteiger partial charge is 0.250 e. The van der Waals surface area contributed by atoms with Crippen molar-refractivity contribution in [2.45, 2.75) is 37.3 Å². The molecule has 11 heteroatoms. The van der Waals surface area contributed by atoms with Gasteiger partial charge in [-0.1, -0.05) is 41.7 Å². The molecule has 0 radical (unpaired) electrons. The zero-order valence-corrected chi connectivity index (χ0v) is 20.6. The number of aliphatic hydroxyl groups is 1. The molecule has 1 N–H and O–H groups in total. The predicted octanol–water partition coefficient (Wildman–Crippen LogP) is 0.169. The average Bonchev–Trinajstić information content (AvgIpc) is 3.45. The lowest BCUT2D eigenvalue weighted by Crippen LogP contribution is -2.55. The number of hydrogen-bond acceptors (Lipinski definition) is 7. The van der Waals surface area contributed by atoms with E-state index in [-0.39, 0.29) is 31.0 Å². The Balaban J connectivity index is 1.39. The maximum atomic E-state index is 14.2. The first-order valence-corrected chi connectivity index (χ1v) is 12.7. The van der Waals surface area contributed by atoms with Crippen LogP contribution < -0.4 is 0 Å². The van der Waals surface area contributed by atoms with E-state index in [1.54, 1.807) is 26.4 Å². The van der Waals surface area contributed by atoms with Gasteiger partial charge in [0.15, 0.2) is 0 Å². The van der Waals surface area contributed by atoms with E-state index >= 15 is 0 Å². The summed E-state index contributed by atoms with van der Waals surface area (Å²) in [5.74, 6) is -2.17. The Kier molecular flexibility index (Phi) is 5.84. The van der Waals surface area contributed by atoms with Gasteiger partial charge in [0.25, 0.3) is 5.91 Å². The predicted molar refractivity (Wildman–Crippen MR) is 132 cm³/mol. The van der Waals surface area contributed by atoms with E-state index in [0.717, 1.165) is 11.0 Å². The van der Waals surface area contributed by atoms with Crippen LogP contribution in [0.2, 0.25) is 0 Å². The molecule has 1 spiro atoms. The topological polar surface area (TPSA) is 121 Å². The molecule has 194 valence electrons. The first-order valence-electron chi connectivity index (χ1n) is 12.7. The third kappa shape index (κ3) is 3.59. The van der Waals surface area contributed by atoms with E-state index in [9.17, 15) is 19.5 Å². The van der Waals surface area contributed by atoms with Crippen LogP contribution in [0.15, 0.2) is 48.6 Å². The molecule has 5 heterocycles. The van der Waals surface area contributed by atoms with Gasteiger partial charge in [-0.2, -0.15) is 0 Å². The number of para-hydroxylation sites is 1. The first kappa shape index (κ1) is 23.8. The molecule has 4 aliphatic heterocycles. The number of aromatic nitrogens is 3. The molecule has 2 aromatic rings. The van der Waals surface area contributed by atoms with Crippen LogP contribution in [0.1, 0.15) is 12.8 Å². The SMILES string of the molecule is CN1CC=C[C@H]2O[C@]34C=CCN(Cn5nnc6ccccc65)C(=O)C3N(CCCCO)C(=O)[C@@H]4[C@H]2C1=O. The second-order valence-corrected chi connectivity index (χ2v) is 10.1. The molecule has 0 aliphatic carbocycles. The van der Waals surface area contributed by atoms with Gasteiger partial charge in [0, 0.05) is 33.3 Å². The zero-order chi connectivity index (χ0) is 25.7. The van der Waals surface area contributed by atoms with Crippen LogP contribution in [0.3, 0.4) is 0 Å². The highest BCUT2D eigenvalue weighted by Gasteiger charge is 2.71. The number of carbonyl (C=O) groups excluding carboxylic acids is 3. The van der Waals surface area contributed by atoms with Crippen LogP contribution in [-0.2, 0) is 25.8 Å². The summed E-state index contributed by atoms with van der Waals surface area (Å²) >= 11 is 0. The van der Waals surface area contributed by atoms with Crippen LogP contribution >= 0.6 is 0 Å². The van der Waals surface area contributed by atoms with Crippen molar-refractivity contribution in [3.05, 3.63) is 48.6 Å². The van der Waals surface area contributed by atoms with E-state index in [2.05, 4.69) is 10.3 Å². The fourth-order valence-electron chi connectivity index (χ4n) is 6.25. The second-order valence-electron chi connectivity index (χ2n) is 10.1. The molecule has 1 unspecified atom stereocenters. The number of fused-ring (bicyclic) bond motifs is 3. The standard InChI is InChI=1S/C26H30N6O5/c1-29-12-6-10-19-20(23(29)34)21-24(35)31(14-4-5-15-33)22-25(36)30(13-7-11-26(21,22)37-19)16-32-18-9-3-2-8-17(18)27-28-32/h2-3,6-11,19-22,33H,4-5,12-16H2,1H3/t19-,20+,21+,22?,26+/m1/s1. The second kappa shape index (κ2) is 9.07. The van der Waals surface area contributed by atoms with E-state index in [4.69, 9.17) is 4.74 Å². The maximum Gasteiger partial charge on any atom is 0.250 e. The largest absolute Gasteiger partial charge is 0.396 e. The van der Waals surface area contributed by atoms with Gasteiger partial charge in [0.05, 0.1) is 23.5 Å². The molecule has 6 rings (SSSR count). The minimum absolute atomic E-state index is 0.00408. The van der Waals surface area contributed by atoms with E-state index < -0.39 is 29.6 Å². The number of amides is 3. The number of likely N-dealkylation sites (N-methyl/N-ethyl adjacent to an activating group) is 1. The highest BCUT2D eigenvalue weighted by molar-refractivity contribution is 5.99. The fourth-order valence-corrected chi connectivity index (χ4v) is 6.25. The van der Waals surface area contributed by atoms with E-state index in [0.29, 0.717) is 32.5 Å². The normalized spacial score (nSPS) is 31.1. The lowest BCUT2D eigenvalue weighted by molar-refractivity contribution is -0.149. The van der Waals surface area contributed by atoms with Crippen LogP contribution in [0.25, 0.3) is 11.0 Å². The molecule has 0 saturated carbocycles. The Morgan fingerprint density at radius 2 is 1.92 bits per heavy atom. The van der Waals surface area contributed by atoms with Crippen molar-refractivity contribution in [3.63, 3.8) is 0 Å². The van der Waals surface area contributed by atoms with E-state index in [1.807, 2.05) is 48.6 Å². The number of rotatable bonds is 6. The first-order chi connectivity index (χ1) is 18.0. The zero-order valence-electron chi connectivity index (χ0n) is 20.6. The van der Waals surface area contributed by atoms with Gasteiger partial charge >= 0.3 is 0 Å². The Morgan fingerprint density at radius 3 is 2.76 bits per heavy atom. The van der Waals surface area contributed by atoms with Crippen LogP contribution in [0, 0.1) is 11.8 Å². The summed E-state index contributed by atoms with van der Waals surface area (Å²) in [6.45, 7) is 1.20. The molecular weight excluding hydrogens is 476 g/mol. The lowest BCUT2D eigenvalue weighted by Gasteiger charge is -2.35. The monoisotopic (exact) mass is 506 g/mol. The number of ether oxygens (including phenoxy) is 1. The minimum Gasteiger partial charge on any atom is -0.396 e. The molecule has 1 aromatic heterocycles. The Bertz CT molecular complexity index is 1310. The summed E-state index contributed by atoms with van der Waals surface area (Å²) in [6, 6.07) is 6.61. The highest BCUT2D eigenvalue weighted by atomic mass is 16.5. The number of carbonyl (C=O) groups is 3. The molecule has 2 fully saturated rings. The average molecular weight is 507 g/mol. The lowest BCUT2D eigenvalue weighted by atomic mass is 9.77. The maximum absolute atomic E-state index is 14.2. The quantitative estimate of drug-likeness (QED) is 0.438. The summed E-state index contributed by atoms with van der Waals surface area (Å²) < 4.78 is 8.25. The summed E-state index contributed by atoms with van der Waals surface area (Å²) in [6.07, 6.45) is 7.87. The van der Waals surface area contributed by atoms with E-state index in [1.165, 1.54) is 0 Å². The van der Waals surface area contributed by atoms with Crippen LogP contribution in [-0.4, -0.2) is 104 Å². The molecule has 5 atom stereocenters. The minimum atomic E-state index is -1.25. The molecule has 4 aliphatic rings. The summed E-state index contributed by atoms with van der Waals surface area (Å²) in [4.78, 5) is 46.4. The fraction of sp³-hybridized carbons (Fsp3) is 0.500. The summed E-state index contributed by atoms with van der Waals surface area (Å²) in [5.41, 5.74) is 0.281. The molecular formula is C26H30N6O5. The number of unbranched alkanes of at least 4 members (excludes halogenated alkanes) is 1. The number of hydrogen-bond donors (Lipinski definition) is 1. The number of likely N-dealkylation sites (tertiary alicyclic amines) is 1. The van der Waals surface area contributed by atoms with Crippen molar-refractivity contribution in [2.24, 2.45) is 11.8 Å². The number of nitrogens with zero attached hydrogens (tertiary/aromatic N) is 6. The van der Waals surface area contributed by atoms with Gasteiger partial charge in [-0.15, -0.1) is 5.10 Å². The van der Waals surface area contributed by atoms with Crippen molar-refractivity contribution in [2.75, 3.05) is 33.3 Å². The molecule has 37 heavy (non-hydrogen) atoms. The van der Waals surface area contributed by atoms with Gasteiger partial charge in [0.2, 0.25) is 11.8 Å². The van der Waals surface area contributed by atoms with Crippen molar-refractivity contribution in [1.29, 1.82) is 0 Å². The third-order valence-electron chi connectivity index (χ3n) is 7.98. The van der Waals surface area contributed by atoms with Gasteiger partial charge in [-0.05, 0) is 25.0 Å². The van der Waals surface area contributed by atoms with Gasteiger partial charge in [-0.25, -0.2) is 4.68 Å². The molecule has 0 bridgehead atoms. The van der Waals surface area contributed by atoms with Crippen molar-refractivity contribution < 1.29 is 24.2 Å². The summed E-state index contributed by atoms with van der Waals surface area (Å²) in [7, 11) is 1.72. The van der Waals surface area contributed by atoms with Gasteiger partial charge in [-0.3, -0.25) is 14.4 Å². The Labute approximate surface area is 213 Å². The highest BCUT2D eigenvalue weighted by Crippen LogP contribution is 2.53. The summed E-state index contributed by atoms with van der Waals surface area (Å²) in [5, 5.41) is 17.8. The van der Waals surface area contributed by atoms with Crippen molar-refractivity contribution in [3.8, 4) is 0 Å². The van der Waals surface area contributed by atoms with Crippen LogP contribution in [0.5, 0.6) is 0 Å². The number of benzene rings is 1. The molecule has 3 amide bonds. The van der Waals surface area contributed by atoms with Crippen molar-refractivity contribution in [1.82, 2.24) is 29.7 Å². The number of aliphatic hydroxyl groups excluding tert-OH is 1. The Morgan fingerprint density at radius 1 is 1.08 bits per heavy atom.